The first-order valence-electron chi connectivity index (χ1n) is 13.1. The molecule has 2 N–H and O–H groups in total. The molecule has 7 nitrogen and oxygen atoms in total. The highest BCUT2D eigenvalue weighted by molar-refractivity contribution is 7.94. The molecular formula is C27H49N3O4S2Si2. The second kappa shape index (κ2) is 11.4. The minimum atomic E-state index is -3.06. The van der Waals surface area contributed by atoms with Gasteiger partial charge < -0.3 is 14.3 Å². The molecule has 0 aliphatic heterocycles. The molecule has 3 atom stereocenters. The van der Waals surface area contributed by atoms with Crippen molar-refractivity contribution in [2.75, 3.05) is 13.7 Å². The van der Waals surface area contributed by atoms with Crippen molar-refractivity contribution in [3.05, 3.63) is 41.0 Å². The van der Waals surface area contributed by atoms with Crippen molar-refractivity contribution in [2.45, 2.75) is 108 Å². The molecule has 0 aliphatic rings. The zero-order valence-corrected chi connectivity index (χ0v) is 29.2. The fourth-order valence-electron chi connectivity index (χ4n) is 3.02. The number of thiazole rings is 1. The number of aromatic nitrogens is 1. The summed E-state index contributed by atoms with van der Waals surface area (Å²) in [7, 11) is -5.83. The summed E-state index contributed by atoms with van der Waals surface area (Å²) in [4.78, 5) is 4.54. The molecule has 216 valence electrons. The van der Waals surface area contributed by atoms with Gasteiger partial charge in [-0.3, -0.25) is 4.03 Å². The summed E-state index contributed by atoms with van der Waals surface area (Å²) < 4.78 is 35.3. The average molecular weight is 600 g/mol. The molecule has 1 heterocycles. The van der Waals surface area contributed by atoms with Gasteiger partial charge in [0.25, 0.3) is 0 Å². The number of ether oxygens (including phenoxy) is 1. The van der Waals surface area contributed by atoms with E-state index in [4.69, 9.17) is 13.2 Å². The van der Waals surface area contributed by atoms with E-state index in [9.17, 15) is 9.32 Å². The van der Waals surface area contributed by atoms with Gasteiger partial charge in [-0.15, -0.1) is 11.3 Å². The molecule has 0 amide bonds. The highest BCUT2D eigenvalue weighted by atomic mass is 32.2. The summed E-state index contributed by atoms with van der Waals surface area (Å²) >= 11 is 1.24. The second-order valence-electron chi connectivity index (χ2n) is 13.3. The van der Waals surface area contributed by atoms with Crippen LogP contribution >= 0.6 is 11.3 Å². The van der Waals surface area contributed by atoms with E-state index in [2.05, 4.69) is 77.4 Å². The van der Waals surface area contributed by atoms with Crippen LogP contribution in [0.5, 0.6) is 5.75 Å². The third-order valence-electron chi connectivity index (χ3n) is 7.88. The Balaban J connectivity index is 2.50. The van der Waals surface area contributed by atoms with Crippen LogP contribution in [0.15, 0.2) is 38.7 Å². The maximum absolute atomic E-state index is 14.7. The van der Waals surface area contributed by atoms with Crippen LogP contribution < -0.4 is 9.46 Å². The van der Waals surface area contributed by atoms with Gasteiger partial charge in [0, 0.05) is 6.04 Å². The summed E-state index contributed by atoms with van der Waals surface area (Å²) in [6.07, 6.45) is 1.60. The highest BCUT2D eigenvalue weighted by Crippen LogP contribution is 2.41. The van der Waals surface area contributed by atoms with Gasteiger partial charge in [0.15, 0.2) is 16.6 Å². The van der Waals surface area contributed by atoms with Gasteiger partial charge in [0.2, 0.25) is 0 Å². The third-order valence-corrected chi connectivity index (χ3v) is 22.2. The Kier molecular flexibility index (Phi) is 9.95. The number of nitrogens with one attached hydrogen (secondary N) is 1. The summed E-state index contributed by atoms with van der Waals surface area (Å²) in [6.45, 7) is 25.4. The molecule has 2 aromatic rings. The van der Waals surface area contributed by atoms with Crippen molar-refractivity contribution < 1.29 is 18.5 Å². The zero-order chi connectivity index (χ0) is 29.4. The van der Waals surface area contributed by atoms with E-state index in [1.165, 1.54) is 11.3 Å². The standard InChI is InChI=1S/C27H49N3O4S2Si2/c1-20(21-14-16-22(33-9)17-15-21)29-36(32,30-37(10,11)25(2,3)4)23-18-28-24(35-23)27(8,31)19-34-38(12,13)26(5,6)7/h14-18,20,31H,19H2,1-13H3,(H,29,30,32)/t20-,27-,36?/m0/s1. The van der Waals surface area contributed by atoms with E-state index in [0.717, 1.165) is 11.3 Å². The van der Waals surface area contributed by atoms with Crippen molar-refractivity contribution in [1.82, 2.24) is 9.71 Å². The molecule has 0 spiro atoms. The van der Waals surface area contributed by atoms with Gasteiger partial charge in [-0.1, -0.05) is 53.7 Å². The van der Waals surface area contributed by atoms with Crippen molar-refractivity contribution in [3.63, 3.8) is 0 Å². The monoisotopic (exact) mass is 599 g/mol. The largest absolute Gasteiger partial charge is 0.497 e. The number of methoxy groups -OCH3 is 1. The molecular weight excluding hydrogens is 551 g/mol. The Morgan fingerprint density at radius 2 is 1.61 bits per heavy atom. The third kappa shape index (κ3) is 7.76. The van der Waals surface area contributed by atoms with E-state index < -0.39 is 32.1 Å². The van der Waals surface area contributed by atoms with E-state index in [-0.39, 0.29) is 22.7 Å². The maximum atomic E-state index is 14.7. The van der Waals surface area contributed by atoms with Crippen LogP contribution in [0.4, 0.5) is 0 Å². The summed E-state index contributed by atoms with van der Waals surface area (Å²) in [5, 5.41) is 11.8. The average Bonchev–Trinajstić information content (AvgIpc) is 3.28. The molecule has 1 aromatic heterocycles. The SMILES string of the molecule is COc1ccc([C@H](C)NS(=O)(=N[Si](C)(C)C(C)(C)C)c2cnc([C@@](C)(O)CO[Si](C)(C)C(C)(C)C)s2)cc1. The van der Waals surface area contributed by atoms with Gasteiger partial charge in [-0.2, -0.15) is 0 Å². The van der Waals surface area contributed by atoms with Crippen molar-refractivity contribution >= 4 is 37.8 Å². The smallest absolute Gasteiger partial charge is 0.195 e. The Hall–Kier alpha value is -1.09. The number of rotatable bonds is 10. The number of benzene rings is 1. The first-order valence-corrected chi connectivity index (χ1v) is 21.3. The Morgan fingerprint density at radius 3 is 2.08 bits per heavy atom. The molecule has 0 aliphatic carbocycles. The molecule has 1 aromatic carbocycles. The first kappa shape index (κ1) is 33.1. The lowest BCUT2D eigenvalue weighted by molar-refractivity contribution is 0.00244. The van der Waals surface area contributed by atoms with Crippen molar-refractivity contribution in [2.24, 2.45) is 4.03 Å². The normalized spacial score (nSPS) is 17.4. The van der Waals surface area contributed by atoms with Crippen LogP contribution in [0.25, 0.3) is 0 Å². The molecule has 0 bridgehead atoms. The molecule has 1 unspecified atom stereocenters. The van der Waals surface area contributed by atoms with E-state index in [1.807, 2.05) is 31.2 Å². The molecule has 0 radical (unpaired) electrons. The van der Waals surface area contributed by atoms with Gasteiger partial charge in [0.05, 0.1) is 19.9 Å². The Morgan fingerprint density at radius 1 is 1.05 bits per heavy atom. The van der Waals surface area contributed by atoms with Gasteiger partial charge in [-0.05, 0) is 67.8 Å². The molecule has 38 heavy (non-hydrogen) atoms. The van der Waals surface area contributed by atoms with E-state index in [0.29, 0.717) is 9.22 Å². The van der Waals surface area contributed by atoms with Crippen LogP contribution in [0.2, 0.25) is 36.3 Å². The minimum absolute atomic E-state index is 0.0228. The van der Waals surface area contributed by atoms with Crippen LogP contribution in [0.1, 0.15) is 72.0 Å². The van der Waals surface area contributed by atoms with Gasteiger partial charge in [-0.25, -0.2) is 13.9 Å². The molecule has 0 saturated heterocycles. The van der Waals surface area contributed by atoms with Gasteiger partial charge >= 0.3 is 0 Å². The quantitative estimate of drug-likeness (QED) is 0.276. The lowest BCUT2D eigenvalue weighted by atomic mass is 10.1. The lowest BCUT2D eigenvalue weighted by Gasteiger charge is -2.38. The Bertz CT molecular complexity index is 1200. The van der Waals surface area contributed by atoms with Gasteiger partial charge in [0.1, 0.15) is 30.5 Å². The minimum Gasteiger partial charge on any atom is -0.497 e. The topological polar surface area (TPSA) is 93.0 Å². The van der Waals surface area contributed by atoms with Crippen LogP contribution in [0.3, 0.4) is 0 Å². The predicted octanol–water partition coefficient (Wildman–Crippen LogP) is 7.48. The Labute approximate surface area is 237 Å². The molecule has 0 saturated carbocycles. The number of aliphatic hydroxyl groups is 1. The number of nitrogens with zero attached hydrogens (tertiary/aromatic N) is 2. The highest BCUT2D eigenvalue weighted by Gasteiger charge is 2.41. The summed E-state index contributed by atoms with van der Waals surface area (Å²) in [5.74, 6) is 0.766. The molecule has 2 rings (SSSR count). The number of hydrogen-bond acceptors (Lipinski definition) is 7. The van der Waals surface area contributed by atoms with Crippen LogP contribution in [0, 0.1) is 0 Å². The molecule has 0 fully saturated rings. The van der Waals surface area contributed by atoms with Crippen molar-refractivity contribution in [1.29, 1.82) is 0 Å². The lowest BCUT2D eigenvalue weighted by Crippen LogP contribution is -2.44. The fraction of sp³-hybridized carbons (Fsp3) is 0.667. The van der Waals surface area contributed by atoms with E-state index in [1.54, 1.807) is 20.2 Å². The van der Waals surface area contributed by atoms with Crippen LogP contribution in [-0.4, -0.2) is 44.6 Å². The maximum Gasteiger partial charge on any atom is 0.195 e. The second-order valence-corrected chi connectivity index (χ2v) is 26.5. The molecule has 11 heteroatoms. The number of hydrogen-bond donors (Lipinski definition) is 2. The fourth-order valence-corrected chi connectivity index (χ4v) is 11.1. The van der Waals surface area contributed by atoms with Crippen LogP contribution in [-0.2, 0) is 19.9 Å². The first-order chi connectivity index (χ1) is 17.0. The summed E-state index contributed by atoms with van der Waals surface area (Å²) in [5.41, 5.74) is -0.333. The predicted molar refractivity (Wildman–Crippen MR) is 165 cm³/mol. The van der Waals surface area contributed by atoms with E-state index >= 15 is 0 Å². The van der Waals surface area contributed by atoms with Crippen molar-refractivity contribution in [3.8, 4) is 5.75 Å². The summed E-state index contributed by atoms with van der Waals surface area (Å²) in [6, 6.07) is 7.47. The zero-order valence-electron chi connectivity index (χ0n) is 25.6.